The summed E-state index contributed by atoms with van der Waals surface area (Å²) in [4.78, 5) is 11.7. The number of thioether (sulfide) groups is 1. The molecule has 0 aromatic carbocycles. The fraction of sp³-hybridized carbons (Fsp3) is 0.917. The van der Waals surface area contributed by atoms with Crippen molar-refractivity contribution in [2.24, 2.45) is 5.92 Å². The zero-order valence-electron chi connectivity index (χ0n) is 11.2. The van der Waals surface area contributed by atoms with Crippen LogP contribution < -0.4 is 0 Å². The molecule has 0 saturated carbocycles. The van der Waals surface area contributed by atoms with Crippen LogP contribution in [0.1, 0.15) is 40.5 Å². The van der Waals surface area contributed by atoms with Gasteiger partial charge in [-0.2, -0.15) is 13.2 Å². The van der Waals surface area contributed by atoms with Crippen LogP contribution in [0.2, 0.25) is 0 Å². The monoisotopic (exact) mass is 286 g/mol. The Bertz CT molecular complexity index is 252. The number of hydrogen-bond acceptors (Lipinski definition) is 3. The average Bonchev–Trinajstić information content (AvgIpc) is 2.12. The lowest BCUT2D eigenvalue weighted by atomic mass is 10.1. The molecule has 18 heavy (non-hydrogen) atoms. The number of carbonyl (C=O) groups is 1. The summed E-state index contributed by atoms with van der Waals surface area (Å²) in [5.41, 5.74) is 0. The van der Waals surface area contributed by atoms with Gasteiger partial charge in [0.2, 0.25) is 0 Å². The van der Waals surface area contributed by atoms with E-state index in [1.165, 1.54) is 0 Å². The highest BCUT2D eigenvalue weighted by atomic mass is 32.2. The Morgan fingerprint density at radius 2 is 1.78 bits per heavy atom. The van der Waals surface area contributed by atoms with Crippen LogP contribution in [-0.2, 0) is 9.53 Å². The Balaban J connectivity index is 4.27. The van der Waals surface area contributed by atoms with Crippen LogP contribution in [0, 0.1) is 5.92 Å². The first-order valence-electron chi connectivity index (χ1n) is 6.00. The molecule has 0 spiro atoms. The van der Waals surface area contributed by atoms with E-state index in [-0.39, 0.29) is 17.8 Å². The fourth-order valence-corrected chi connectivity index (χ4v) is 2.63. The molecule has 1 unspecified atom stereocenters. The summed E-state index contributed by atoms with van der Waals surface area (Å²) in [7, 11) is 0. The van der Waals surface area contributed by atoms with Crippen molar-refractivity contribution in [3.05, 3.63) is 0 Å². The predicted molar refractivity (Wildman–Crippen MR) is 67.6 cm³/mol. The van der Waals surface area contributed by atoms with Crippen LogP contribution in [0.4, 0.5) is 13.2 Å². The summed E-state index contributed by atoms with van der Waals surface area (Å²) in [6.07, 6.45) is -4.75. The third-order valence-electron chi connectivity index (χ3n) is 2.00. The van der Waals surface area contributed by atoms with Gasteiger partial charge in [0.25, 0.3) is 0 Å². The minimum Gasteiger partial charge on any atom is -0.462 e. The van der Waals surface area contributed by atoms with Crippen molar-refractivity contribution in [2.75, 3.05) is 5.75 Å². The second-order valence-corrected chi connectivity index (χ2v) is 6.15. The molecule has 0 aliphatic carbocycles. The van der Waals surface area contributed by atoms with Gasteiger partial charge < -0.3 is 4.74 Å². The zero-order chi connectivity index (χ0) is 14.3. The normalized spacial score (nSPS) is 14.1. The first kappa shape index (κ1) is 17.6. The summed E-state index contributed by atoms with van der Waals surface area (Å²) in [6.45, 7) is 7.31. The number of alkyl halides is 3. The van der Waals surface area contributed by atoms with Gasteiger partial charge in [0.15, 0.2) is 0 Å². The highest BCUT2D eigenvalue weighted by molar-refractivity contribution is 8.00. The third-order valence-corrected chi connectivity index (χ3v) is 3.23. The first-order chi connectivity index (χ1) is 8.11. The van der Waals surface area contributed by atoms with E-state index in [2.05, 4.69) is 0 Å². The average molecular weight is 286 g/mol. The SMILES string of the molecule is CC(C)CC(SCCC(F)(F)F)C(=O)OC(C)C. The standard InChI is InChI=1S/C12H21F3O2S/c1-8(2)7-10(11(16)17-9(3)4)18-6-5-12(13,14)15/h8-10H,5-7H2,1-4H3. The van der Waals surface area contributed by atoms with Crippen LogP contribution >= 0.6 is 11.8 Å². The summed E-state index contributed by atoms with van der Waals surface area (Å²) in [5, 5.41) is -0.505. The molecule has 0 aliphatic rings. The highest BCUT2D eigenvalue weighted by Crippen LogP contribution is 2.27. The van der Waals surface area contributed by atoms with Gasteiger partial charge in [0, 0.05) is 5.75 Å². The fourth-order valence-electron chi connectivity index (χ4n) is 1.29. The third kappa shape index (κ3) is 9.62. The van der Waals surface area contributed by atoms with E-state index < -0.39 is 23.8 Å². The molecule has 108 valence electrons. The molecule has 0 saturated heterocycles. The van der Waals surface area contributed by atoms with E-state index in [0.29, 0.717) is 6.42 Å². The van der Waals surface area contributed by atoms with E-state index in [1.807, 2.05) is 13.8 Å². The maximum atomic E-state index is 12.1. The van der Waals surface area contributed by atoms with Gasteiger partial charge >= 0.3 is 12.1 Å². The summed E-state index contributed by atoms with van der Waals surface area (Å²) in [5.74, 6) is -0.271. The maximum Gasteiger partial charge on any atom is 0.389 e. The van der Waals surface area contributed by atoms with Gasteiger partial charge in [-0.3, -0.25) is 4.79 Å². The lowest BCUT2D eigenvalue weighted by Crippen LogP contribution is -2.25. The Morgan fingerprint density at radius 3 is 2.17 bits per heavy atom. The second kappa shape index (κ2) is 7.92. The van der Waals surface area contributed by atoms with E-state index in [4.69, 9.17) is 4.74 Å². The van der Waals surface area contributed by atoms with Crippen LogP contribution in [0.25, 0.3) is 0 Å². The van der Waals surface area contributed by atoms with Gasteiger partial charge in [0.05, 0.1) is 12.5 Å². The number of ether oxygens (including phenoxy) is 1. The molecule has 0 radical (unpaired) electrons. The Morgan fingerprint density at radius 1 is 1.22 bits per heavy atom. The lowest BCUT2D eigenvalue weighted by Gasteiger charge is -2.19. The van der Waals surface area contributed by atoms with Gasteiger partial charge in [-0.05, 0) is 26.2 Å². The second-order valence-electron chi connectivity index (χ2n) is 4.84. The minimum absolute atomic E-state index is 0.103. The highest BCUT2D eigenvalue weighted by Gasteiger charge is 2.29. The Hall–Kier alpha value is -0.390. The van der Waals surface area contributed by atoms with E-state index in [1.54, 1.807) is 13.8 Å². The first-order valence-corrected chi connectivity index (χ1v) is 7.05. The van der Waals surface area contributed by atoms with Gasteiger partial charge in [0.1, 0.15) is 5.25 Å². The largest absolute Gasteiger partial charge is 0.462 e. The van der Waals surface area contributed by atoms with Crippen molar-refractivity contribution in [3.63, 3.8) is 0 Å². The minimum atomic E-state index is -4.17. The van der Waals surface area contributed by atoms with Crippen molar-refractivity contribution in [2.45, 2.75) is 58.1 Å². The van der Waals surface area contributed by atoms with Gasteiger partial charge in [-0.1, -0.05) is 13.8 Å². The molecule has 2 nitrogen and oxygen atoms in total. The summed E-state index contributed by atoms with van der Waals surface area (Å²) < 4.78 is 41.2. The molecule has 0 rings (SSSR count). The quantitative estimate of drug-likeness (QED) is 0.661. The number of carbonyl (C=O) groups excluding carboxylic acids is 1. The number of halogens is 3. The molecule has 0 aliphatic heterocycles. The molecule has 6 heteroatoms. The van der Waals surface area contributed by atoms with E-state index in [0.717, 1.165) is 11.8 Å². The van der Waals surface area contributed by atoms with Crippen LogP contribution in [-0.4, -0.2) is 29.3 Å². The number of esters is 1. The molecule has 0 N–H and O–H groups in total. The van der Waals surface area contributed by atoms with Crippen molar-refractivity contribution >= 4 is 17.7 Å². The van der Waals surface area contributed by atoms with Gasteiger partial charge in [-0.15, -0.1) is 11.8 Å². The summed E-state index contributed by atoms with van der Waals surface area (Å²) >= 11 is 1.03. The Labute approximate surface area is 111 Å². The van der Waals surface area contributed by atoms with Crippen molar-refractivity contribution in [1.29, 1.82) is 0 Å². The molecule has 0 aromatic heterocycles. The summed E-state index contributed by atoms with van der Waals surface area (Å²) in [6, 6.07) is 0. The number of hydrogen-bond donors (Lipinski definition) is 0. The predicted octanol–water partition coefficient (Wildman–Crippen LogP) is 4.04. The maximum absolute atomic E-state index is 12.1. The molecule has 0 amide bonds. The van der Waals surface area contributed by atoms with Crippen LogP contribution in [0.3, 0.4) is 0 Å². The molecular formula is C12H21F3O2S. The molecule has 0 fully saturated rings. The molecule has 0 aromatic rings. The van der Waals surface area contributed by atoms with Crippen LogP contribution in [0.15, 0.2) is 0 Å². The molecule has 0 heterocycles. The van der Waals surface area contributed by atoms with Gasteiger partial charge in [-0.25, -0.2) is 0 Å². The van der Waals surface area contributed by atoms with Crippen LogP contribution in [0.5, 0.6) is 0 Å². The topological polar surface area (TPSA) is 26.3 Å². The van der Waals surface area contributed by atoms with Crippen molar-refractivity contribution in [3.8, 4) is 0 Å². The van der Waals surface area contributed by atoms with Crippen molar-refractivity contribution in [1.82, 2.24) is 0 Å². The van der Waals surface area contributed by atoms with Crippen molar-refractivity contribution < 1.29 is 22.7 Å². The van der Waals surface area contributed by atoms with E-state index in [9.17, 15) is 18.0 Å². The molecule has 0 bridgehead atoms. The zero-order valence-corrected chi connectivity index (χ0v) is 12.0. The smallest absolute Gasteiger partial charge is 0.389 e. The van der Waals surface area contributed by atoms with E-state index >= 15 is 0 Å². The Kier molecular flexibility index (Phi) is 7.75. The molecular weight excluding hydrogens is 265 g/mol. The lowest BCUT2D eigenvalue weighted by molar-refractivity contribution is -0.147. The number of rotatable bonds is 7. The molecule has 1 atom stereocenters.